The van der Waals surface area contributed by atoms with Crippen LogP contribution in [0.5, 0.6) is 5.75 Å². The Hall–Kier alpha value is -3.65. The van der Waals surface area contributed by atoms with Gasteiger partial charge in [0.2, 0.25) is 11.8 Å². The first-order valence-corrected chi connectivity index (χ1v) is 9.37. The molecule has 0 fully saturated rings. The number of carbonyl (C=O) groups is 1. The molecule has 2 heterocycles. The lowest BCUT2D eigenvalue weighted by Crippen LogP contribution is -2.22. The second-order valence-electron chi connectivity index (χ2n) is 6.26. The summed E-state index contributed by atoms with van der Waals surface area (Å²) >= 11 is 5.85. The van der Waals surface area contributed by atoms with Crippen molar-refractivity contribution in [3.8, 4) is 17.3 Å². The molecular formula is C21H16ClFN4O3. The van der Waals surface area contributed by atoms with Crippen molar-refractivity contribution in [2.45, 2.75) is 6.54 Å². The van der Waals surface area contributed by atoms with Gasteiger partial charge in [-0.15, -0.1) is 5.10 Å². The van der Waals surface area contributed by atoms with E-state index in [4.69, 9.17) is 20.8 Å². The van der Waals surface area contributed by atoms with Crippen molar-refractivity contribution in [3.05, 3.63) is 83.3 Å². The molecule has 0 aliphatic heterocycles. The van der Waals surface area contributed by atoms with Crippen LogP contribution >= 0.6 is 11.6 Å². The van der Waals surface area contributed by atoms with Crippen molar-refractivity contribution < 1.29 is 18.3 Å². The first kappa shape index (κ1) is 19.7. The number of nitrogens with one attached hydrogen (secondary N) is 1. The Balaban J connectivity index is 1.52. The summed E-state index contributed by atoms with van der Waals surface area (Å²) in [6, 6.07) is 16.1. The highest BCUT2D eigenvalue weighted by Crippen LogP contribution is 2.20. The molecule has 0 aliphatic rings. The van der Waals surface area contributed by atoms with E-state index >= 15 is 0 Å². The third-order valence-corrected chi connectivity index (χ3v) is 4.38. The average molecular weight is 427 g/mol. The van der Waals surface area contributed by atoms with Crippen LogP contribution in [-0.2, 0) is 6.54 Å². The number of halogens is 2. The summed E-state index contributed by atoms with van der Waals surface area (Å²) < 4.78 is 25.1. The van der Waals surface area contributed by atoms with E-state index in [0.717, 1.165) is 10.2 Å². The Morgan fingerprint density at radius 2 is 1.90 bits per heavy atom. The summed E-state index contributed by atoms with van der Waals surface area (Å²) in [4.78, 5) is 17.1. The second-order valence-corrected chi connectivity index (χ2v) is 6.70. The summed E-state index contributed by atoms with van der Waals surface area (Å²) in [5.74, 6) is 0.634. The molecule has 7 nitrogen and oxygen atoms in total. The topological polar surface area (TPSA) is 82.2 Å². The largest absolute Gasteiger partial charge is 0.484 e. The van der Waals surface area contributed by atoms with Gasteiger partial charge in [-0.2, -0.15) is 9.67 Å². The van der Waals surface area contributed by atoms with Crippen LogP contribution in [0.25, 0.3) is 11.6 Å². The maximum atomic E-state index is 13.1. The molecular weight excluding hydrogens is 411 g/mol. The first-order chi connectivity index (χ1) is 14.6. The number of hydrogen-bond acceptors (Lipinski definition) is 6. The highest BCUT2D eigenvalue weighted by molar-refractivity contribution is 6.30. The van der Waals surface area contributed by atoms with Gasteiger partial charge < -0.3 is 14.5 Å². The van der Waals surface area contributed by atoms with Crippen molar-refractivity contribution in [1.29, 1.82) is 0 Å². The van der Waals surface area contributed by atoms with Gasteiger partial charge in [0.05, 0.1) is 6.26 Å². The summed E-state index contributed by atoms with van der Waals surface area (Å²) in [5.41, 5.74) is 0.815. The van der Waals surface area contributed by atoms with Crippen LogP contribution < -0.4 is 10.1 Å². The predicted molar refractivity (Wildman–Crippen MR) is 109 cm³/mol. The van der Waals surface area contributed by atoms with Gasteiger partial charge >= 0.3 is 0 Å². The Morgan fingerprint density at radius 3 is 2.60 bits per heavy atom. The molecule has 1 N–H and O–H groups in total. The highest BCUT2D eigenvalue weighted by atomic mass is 35.5. The van der Waals surface area contributed by atoms with Crippen LogP contribution in [0.15, 0.2) is 71.3 Å². The van der Waals surface area contributed by atoms with E-state index in [-0.39, 0.29) is 24.2 Å². The summed E-state index contributed by atoms with van der Waals surface area (Å²) in [6.07, 6.45) is 1.49. The van der Waals surface area contributed by atoms with Crippen molar-refractivity contribution in [2.75, 3.05) is 11.9 Å². The fourth-order valence-corrected chi connectivity index (χ4v) is 2.76. The fourth-order valence-electron chi connectivity index (χ4n) is 2.63. The third-order valence-electron chi connectivity index (χ3n) is 4.12. The smallest absolute Gasteiger partial charge is 0.287 e. The van der Waals surface area contributed by atoms with Gasteiger partial charge in [-0.1, -0.05) is 23.7 Å². The number of rotatable bonds is 7. The van der Waals surface area contributed by atoms with Gasteiger partial charge in [-0.3, -0.25) is 4.79 Å². The van der Waals surface area contributed by atoms with Crippen molar-refractivity contribution in [1.82, 2.24) is 14.8 Å². The number of aromatic nitrogens is 3. The minimum absolute atomic E-state index is 0.218. The number of nitrogens with zero attached hydrogens (tertiary/aromatic N) is 3. The monoisotopic (exact) mass is 426 g/mol. The normalized spacial score (nSPS) is 10.7. The van der Waals surface area contributed by atoms with E-state index in [1.807, 2.05) is 0 Å². The fraction of sp³-hybridized carbons (Fsp3) is 0.0952. The zero-order valence-electron chi connectivity index (χ0n) is 15.6. The van der Waals surface area contributed by atoms with Gasteiger partial charge in [0, 0.05) is 11.6 Å². The number of anilines is 1. The number of furan rings is 1. The van der Waals surface area contributed by atoms with Crippen molar-refractivity contribution in [2.24, 2.45) is 0 Å². The van der Waals surface area contributed by atoms with E-state index < -0.39 is 5.91 Å². The van der Waals surface area contributed by atoms with Gasteiger partial charge in [-0.25, -0.2) is 4.39 Å². The molecule has 0 atom stereocenters. The maximum Gasteiger partial charge on any atom is 0.287 e. The second kappa shape index (κ2) is 8.79. The lowest BCUT2D eigenvalue weighted by atomic mass is 10.2. The lowest BCUT2D eigenvalue weighted by Gasteiger charge is -2.08. The number of carbonyl (C=O) groups excluding carboxylic acids is 1. The molecule has 4 rings (SSSR count). The molecule has 0 aliphatic carbocycles. The zero-order valence-corrected chi connectivity index (χ0v) is 16.3. The zero-order chi connectivity index (χ0) is 20.9. The SMILES string of the molecule is O=C(COc1ccc(Cl)cc1)n1nc(-c2ccco2)nc1NCc1ccc(F)cc1. The standard InChI is InChI=1S/C21H16ClFN4O3/c22-15-5-9-17(10-6-15)30-13-19(28)27-21(24-12-14-3-7-16(23)8-4-14)25-20(26-27)18-2-1-11-29-18/h1-11H,12-13H2,(H,24,25,26). The Labute approximate surface area is 176 Å². The third kappa shape index (κ3) is 4.66. The average Bonchev–Trinajstić information content (AvgIpc) is 3.43. The quantitative estimate of drug-likeness (QED) is 0.462. The number of hydrogen-bond donors (Lipinski definition) is 1. The Kier molecular flexibility index (Phi) is 5.76. The number of ether oxygens (including phenoxy) is 1. The minimum Gasteiger partial charge on any atom is -0.484 e. The van der Waals surface area contributed by atoms with E-state index in [2.05, 4.69) is 15.4 Å². The van der Waals surface area contributed by atoms with Crippen molar-refractivity contribution >= 4 is 23.5 Å². The van der Waals surface area contributed by atoms with E-state index in [9.17, 15) is 9.18 Å². The van der Waals surface area contributed by atoms with Gasteiger partial charge in [0.15, 0.2) is 12.4 Å². The predicted octanol–water partition coefficient (Wildman–Crippen LogP) is 4.66. The minimum atomic E-state index is -0.433. The molecule has 0 unspecified atom stereocenters. The highest BCUT2D eigenvalue weighted by Gasteiger charge is 2.19. The van der Waals surface area contributed by atoms with Crippen LogP contribution in [0.4, 0.5) is 10.3 Å². The molecule has 30 heavy (non-hydrogen) atoms. The molecule has 152 valence electrons. The molecule has 0 radical (unpaired) electrons. The van der Waals surface area contributed by atoms with Gasteiger partial charge in [-0.05, 0) is 54.1 Å². The molecule has 0 bridgehead atoms. The van der Waals surface area contributed by atoms with Crippen LogP contribution in [0.1, 0.15) is 10.4 Å². The summed E-state index contributed by atoms with van der Waals surface area (Å²) in [6.45, 7) is 0.0652. The molecule has 0 amide bonds. The van der Waals surface area contributed by atoms with Crippen LogP contribution in [0.2, 0.25) is 5.02 Å². The molecule has 0 saturated carbocycles. The lowest BCUT2D eigenvalue weighted by molar-refractivity contribution is 0.0824. The van der Waals surface area contributed by atoms with Crippen molar-refractivity contribution in [3.63, 3.8) is 0 Å². The molecule has 2 aromatic carbocycles. The van der Waals surface area contributed by atoms with Crippen LogP contribution in [0, 0.1) is 5.82 Å². The van der Waals surface area contributed by atoms with E-state index in [0.29, 0.717) is 23.1 Å². The van der Waals surface area contributed by atoms with Gasteiger partial charge in [0.1, 0.15) is 11.6 Å². The molecule has 2 aromatic heterocycles. The van der Waals surface area contributed by atoms with Crippen LogP contribution in [-0.4, -0.2) is 27.3 Å². The van der Waals surface area contributed by atoms with E-state index in [1.54, 1.807) is 48.5 Å². The summed E-state index contributed by atoms with van der Waals surface area (Å²) in [5, 5.41) is 7.86. The first-order valence-electron chi connectivity index (χ1n) is 8.99. The number of benzene rings is 2. The summed E-state index contributed by atoms with van der Waals surface area (Å²) in [7, 11) is 0. The molecule has 0 saturated heterocycles. The molecule has 4 aromatic rings. The van der Waals surface area contributed by atoms with Crippen LogP contribution in [0.3, 0.4) is 0 Å². The van der Waals surface area contributed by atoms with E-state index in [1.165, 1.54) is 18.4 Å². The maximum absolute atomic E-state index is 13.1. The molecule has 0 spiro atoms. The molecule has 9 heteroatoms. The van der Waals surface area contributed by atoms with Gasteiger partial charge in [0.25, 0.3) is 5.91 Å². The Morgan fingerprint density at radius 1 is 1.13 bits per heavy atom. The Bertz CT molecular complexity index is 1130.